The average Bonchev–Trinajstić information content (AvgIpc) is 2.79. The SMILES string of the molecule is CCC(C)NCCOc1ccc(Cl)c2c1CC(=O)N2. The number of fused-ring (bicyclic) bond motifs is 1. The first kappa shape index (κ1) is 14.2. The first-order chi connectivity index (χ1) is 9.11. The second-order valence-corrected chi connectivity index (χ2v) is 5.14. The molecule has 0 saturated heterocycles. The van der Waals surface area contributed by atoms with E-state index in [4.69, 9.17) is 16.3 Å². The topological polar surface area (TPSA) is 50.4 Å². The number of amides is 1. The van der Waals surface area contributed by atoms with Crippen LogP contribution in [0.1, 0.15) is 25.8 Å². The molecule has 1 heterocycles. The Morgan fingerprint density at radius 1 is 1.53 bits per heavy atom. The Labute approximate surface area is 118 Å². The lowest BCUT2D eigenvalue weighted by Crippen LogP contribution is -2.29. The molecule has 0 aliphatic carbocycles. The molecule has 0 radical (unpaired) electrons. The molecule has 1 aliphatic heterocycles. The quantitative estimate of drug-likeness (QED) is 0.789. The van der Waals surface area contributed by atoms with Crippen LogP contribution in [-0.2, 0) is 11.2 Å². The molecule has 104 valence electrons. The Hall–Kier alpha value is -1.26. The summed E-state index contributed by atoms with van der Waals surface area (Å²) in [6.45, 7) is 5.64. The van der Waals surface area contributed by atoms with Gasteiger partial charge in [0.2, 0.25) is 5.91 Å². The fourth-order valence-electron chi connectivity index (χ4n) is 2.00. The summed E-state index contributed by atoms with van der Waals surface area (Å²) in [6.07, 6.45) is 1.43. The number of rotatable bonds is 6. The number of anilines is 1. The molecule has 2 rings (SSSR count). The summed E-state index contributed by atoms with van der Waals surface area (Å²) in [5.74, 6) is 0.703. The molecule has 1 aliphatic rings. The number of ether oxygens (including phenoxy) is 1. The Morgan fingerprint density at radius 3 is 3.05 bits per heavy atom. The van der Waals surface area contributed by atoms with Crippen molar-refractivity contribution in [2.75, 3.05) is 18.5 Å². The van der Waals surface area contributed by atoms with Gasteiger partial charge in [0.05, 0.1) is 17.1 Å². The van der Waals surface area contributed by atoms with E-state index < -0.39 is 0 Å². The Kier molecular flexibility index (Phi) is 4.66. The standard InChI is InChI=1S/C14H19ClN2O2/c1-3-9(2)16-6-7-19-12-5-4-11(15)14-10(12)8-13(18)17-14/h4-5,9,16H,3,6-8H2,1-2H3,(H,17,18). The molecule has 4 nitrogen and oxygen atoms in total. The number of hydrogen-bond acceptors (Lipinski definition) is 3. The van der Waals surface area contributed by atoms with Crippen molar-refractivity contribution in [3.8, 4) is 5.75 Å². The lowest BCUT2D eigenvalue weighted by atomic mass is 10.1. The van der Waals surface area contributed by atoms with Crippen LogP contribution in [-0.4, -0.2) is 25.1 Å². The smallest absolute Gasteiger partial charge is 0.229 e. The molecule has 5 heteroatoms. The van der Waals surface area contributed by atoms with Crippen molar-refractivity contribution < 1.29 is 9.53 Å². The Balaban J connectivity index is 1.95. The van der Waals surface area contributed by atoms with Gasteiger partial charge in [-0.2, -0.15) is 0 Å². The van der Waals surface area contributed by atoms with Gasteiger partial charge in [0.25, 0.3) is 0 Å². The number of halogens is 1. The minimum atomic E-state index is -0.0364. The second-order valence-electron chi connectivity index (χ2n) is 4.74. The van der Waals surface area contributed by atoms with Crippen LogP contribution in [0.15, 0.2) is 12.1 Å². The highest BCUT2D eigenvalue weighted by Crippen LogP contribution is 2.37. The fraction of sp³-hybridized carbons (Fsp3) is 0.500. The van der Waals surface area contributed by atoms with E-state index in [1.165, 1.54) is 0 Å². The monoisotopic (exact) mass is 282 g/mol. The second kappa shape index (κ2) is 6.26. The number of hydrogen-bond donors (Lipinski definition) is 2. The molecule has 19 heavy (non-hydrogen) atoms. The molecule has 0 saturated carbocycles. The van der Waals surface area contributed by atoms with E-state index >= 15 is 0 Å². The van der Waals surface area contributed by atoms with Crippen molar-refractivity contribution in [1.29, 1.82) is 0 Å². The van der Waals surface area contributed by atoms with Gasteiger partial charge in [-0.25, -0.2) is 0 Å². The summed E-state index contributed by atoms with van der Waals surface area (Å²) in [7, 11) is 0. The summed E-state index contributed by atoms with van der Waals surface area (Å²) in [5, 5.41) is 6.68. The highest BCUT2D eigenvalue weighted by molar-refractivity contribution is 6.34. The molecule has 1 aromatic carbocycles. The summed E-state index contributed by atoms with van der Waals surface area (Å²) >= 11 is 6.05. The van der Waals surface area contributed by atoms with Crippen LogP contribution in [0.4, 0.5) is 5.69 Å². The molecule has 0 fully saturated rings. The van der Waals surface area contributed by atoms with Crippen molar-refractivity contribution in [2.45, 2.75) is 32.7 Å². The van der Waals surface area contributed by atoms with Crippen LogP contribution in [0.25, 0.3) is 0 Å². The summed E-state index contributed by atoms with van der Waals surface area (Å²) < 4.78 is 5.73. The maximum absolute atomic E-state index is 11.4. The van der Waals surface area contributed by atoms with E-state index in [2.05, 4.69) is 24.5 Å². The molecule has 1 amide bonds. The number of carbonyl (C=O) groups excluding carboxylic acids is 1. The molecule has 1 aromatic rings. The predicted octanol–water partition coefficient (Wildman–Crippen LogP) is 2.60. The first-order valence-electron chi connectivity index (χ1n) is 6.59. The maximum Gasteiger partial charge on any atom is 0.229 e. The summed E-state index contributed by atoms with van der Waals surface area (Å²) in [6, 6.07) is 4.07. The van der Waals surface area contributed by atoms with Gasteiger partial charge in [-0.15, -0.1) is 0 Å². The number of benzene rings is 1. The van der Waals surface area contributed by atoms with Gasteiger partial charge in [0, 0.05) is 18.2 Å². The third-order valence-electron chi connectivity index (χ3n) is 3.29. The normalized spacial score (nSPS) is 15.0. The van der Waals surface area contributed by atoms with E-state index in [1.807, 2.05) is 6.07 Å². The van der Waals surface area contributed by atoms with Gasteiger partial charge in [-0.05, 0) is 25.5 Å². The van der Waals surface area contributed by atoms with Gasteiger partial charge < -0.3 is 15.4 Å². The van der Waals surface area contributed by atoms with Crippen molar-refractivity contribution in [1.82, 2.24) is 5.32 Å². The number of nitrogens with one attached hydrogen (secondary N) is 2. The van der Waals surface area contributed by atoms with E-state index in [0.29, 0.717) is 29.8 Å². The highest BCUT2D eigenvalue weighted by atomic mass is 35.5. The average molecular weight is 283 g/mol. The predicted molar refractivity (Wildman–Crippen MR) is 77.0 cm³/mol. The molecule has 0 aromatic heterocycles. The fourth-order valence-corrected chi connectivity index (χ4v) is 2.23. The van der Waals surface area contributed by atoms with Crippen LogP contribution in [0, 0.1) is 0 Å². The van der Waals surface area contributed by atoms with E-state index in [1.54, 1.807) is 6.07 Å². The zero-order chi connectivity index (χ0) is 13.8. The zero-order valence-electron chi connectivity index (χ0n) is 11.3. The summed E-state index contributed by atoms with van der Waals surface area (Å²) in [4.78, 5) is 11.4. The number of carbonyl (C=O) groups is 1. The van der Waals surface area contributed by atoms with Crippen molar-refractivity contribution in [2.24, 2.45) is 0 Å². The van der Waals surface area contributed by atoms with Gasteiger partial charge in [0.1, 0.15) is 12.4 Å². The van der Waals surface area contributed by atoms with Crippen LogP contribution in [0.5, 0.6) is 5.75 Å². The van der Waals surface area contributed by atoms with Crippen LogP contribution in [0.3, 0.4) is 0 Å². The molecule has 0 spiro atoms. The minimum absolute atomic E-state index is 0.0364. The van der Waals surface area contributed by atoms with Gasteiger partial charge in [0.15, 0.2) is 0 Å². The zero-order valence-corrected chi connectivity index (χ0v) is 12.0. The lowest BCUT2D eigenvalue weighted by Gasteiger charge is -2.14. The van der Waals surface area contributed by atoms with Crippen molar-refractivity contribution in [3.05, 3.63) is 22.7 Å². The van der Waals surface area contributed by atoms with E-state index in [0.717, 1.165) is 24.3 Å². The molecule has 2 N–H and O–H groups in total. The first-order valence-corrected chi connectivity index (χ1v) is 6.97. The third kappa shape index (κ3) is 3.39. The highest BCUT2D eigenvalue weighted by Gasteiger charge is 2.24. The van der Waals surface area contributed by atoms with Crippen LogP contribution >= 0.6 is 11.6 Å². The molecule has 1 unspecified atom stereocenters. The molecule has 1 atom stereocenters. The van der Waals surface area contributed by atoms with E-state index in [-0.39, 0.29) is 5.91 Å². The van der Waals surface area contributed by atoms with Gasteiger partial charge >= 0.3 is 0 Å². The van der Waals surface area contributed by atoms with Crippen molar-refractivity contribution in [3.63, 3.8) is 0 Å². The largest absolute Gasteiger partial charge is 0.492 e. The summed E-state index contributed by atoms with van der Waals surface area (Å²) in [5.41, 5.74) is 1.56. The molecular formula is C14H19ClN2O2. The third-order valence-corrected chi connectivity index (χ3v) is 3.60. The van der Waals surface area contributed by atoms with Gasteiger partial charge in [-0.1, -0.05) is 18.5 Å². The van der Waals surface area contributed by atoms with E-state index in [9.17, 15) is 4.79 Å². The van der Waals surface area contributed by atoms with Gasteiger partial charge in [-0.3, -0.25) is 4.79 Å². The van der Waals surface area contributed by atoms with Crippen LogP contribution < -0.4 is 15.4 Å². The Morgan fingerprint density at radius 2 is 2.32 bits per heavy atom. The lowest BCUT2D eigenvalue weighted by molar-refractivity contribution is -0.115. The maximum atomic E-state index is 11.4. The molecular weight excluding hydrogens is 264 g/mol. The Bertz CT molecular complexity index is 477. The van der Waals surface area contributed by atoms with Crippen LogP contribution in [0.2, 0.25) is 5.02 Å². The van der Waals surface area contributed by atoms with Crippen molar-refractivity contribution >= 4 is 23.2 Å². The minimum Gasteiger partial charge on any atom is -0.492 e. The molecule has 0 bridgehead atoms.